The quantitative estimate of drug-likeness (QED) is 0.897. The van der Waals surface area contributed by atoms with Gasteiger partial charge in [0, 0.05) is 32.2 Å². The smallest absolute Gasteiger partial charge is 0.243 e. The Labute approximate surface area is 120 Å². The molecular weight excluding hydrogens is 276 g/mol. The Hall–Kier alpha value is -0.950. The number of hydrogen-bond donors (Lipinski definition) is 1. The van der Waals surface area contributed by atoms with E-state index in [9.17, 15) is 8.42 Å². The SMILES string of the molecule is CC(C)N1CCN(S(=O)(=O)c2ccc(CO)cc2)CC1. The number of rotatable bonds is 4. The Morgan fingerprint density at radius 1 is 1.10 bits per heavy atom. The molecule has 20 heavy (non-hydrogen) atoms. The summed E-state index contributed by atoms with van der Waals surface area (Å²) >= 11 is 0. The minimum atomic E-state index is -3.41. The first-order chi connectivity index (χ1) is 9.45. The summed E-state index contributed by atoms with van der Waals surface area (Å²) in [5, 5.41) is 9.00. The van der Waals surface area contributed by atoms with Gasteiger partial charge in [-0.15, -0.1) is 0 Å². The van der Waals surface area contributed by atoms with Crippen molar-refractivity contribution in [1.29, 1.82) is 0 Å². The number of piperazine rings is 1. The normalized spacial score (nSPS) is 18.6. The molecule has 0 aliphatic carbocycles. The first kappa shape index (κ1) is 15.4. The van der Waals surface area contributed by atoms with Gasteiger partial charge in [-0.2, -0.15) is 4.31 Å². The molecule has 1 aliphatic rings. The molecule has 112 valence electrons. The van der Waals surface area contributed by atoms with Crippen molar-refractivity contribution in [2.45, 2.75) is 31.4 Å². The lowest BCUT2D eigenvalue weighted by atomic mass is 10.2. The first-order valence-electron chi connectivity index (χ1n) is 6.89. The van der Waals surface area contributed by atoms with Crippen molar-refractivity contribution in [2.24, 2.45) is 0 Å². The highest BCUT2D eigenvalue weighted by Gasteiger charge is 2.28. The summed E-state index contributed by atoms with van der Waals surface area (Å²) in [4.78, 5) is 2.58. The Morgan fingerprint density at radius 3 is 2.10 bits per heavy atom. The Bertz CT molecular complexity index is 532. The maximum Gasteiger partial charge on any atom is 0.243 e. The molecule has 1 aliphatic heterocycles. The zero-order valence-electron chi connectivity index (χ0n) is 12.0. The third kappa shape index (κ3) is 3.20. The molecule has 6 heteroatoms. The lowest BCUT2D eigenvalue weighted by Gasteiger charge is -2.36. The van der Waals surface area contributed by atoms with E-state index < -0.39 is 10.0 Å². The summed E-state index contributed by atoms with van der Waals surface area (Å²) in [6.07, 6.45) is 0. The van der Waals surface area contributed by atoms with E-state index in [1.807, 2.05) is 0 Å². The van der Waals surface area contributed by atoms with Gasteiger partial charge in [-0.3, -0.25) is 4.90 Å². The largest absolute Gasteiger partial charge is 0.392 e. The van der Waals surface area contributed by atoms with Crippen LogP contribution >= 0.6 is 0 Å². The number of hydrogen-bond acceptors (Lipinski definition) is 4. The van der Waals surface area contributed by atoms with E-state index >= 15 is 0 Å². The van der Waals surface area contributed by atoms with Crippen molar-refractivity contribution in [2.75, 3.05) is 26.2 Å². The number of benzene rings is 1. The molecule has 0 radical (unpaired) electrons. The van der Waals surface area contributed by atoms with Crippen molar-refractivity contribution in [3.8, 4) is 0 Å². The Morgan fingerprint density at radius 2 is 1.65 bits per heavy atom. The number of aliphatic hydroxyl groups is 1. The van der Waals surface area contributed by atoms with Gasteiger partial charge in [0.2, 0.25) is 10.0 Å². The Balaban J connectivity index is 2.11. The molecule has 0 unspecified atom stereocenters. The number of sulfonamides is 1. The monoisotopic (exact) mass is 298 g/mol. The van der Waals surface area contributed by atoms with Crippen LogP contribution in [0.3, 0.4) is 0 Å². The van der Waals surface area contributed by atoms with E-state index in [0.717, 1.165) is 13.1 Å². The average Bonchev–Trinajstić information content (AvgIpc) is 2.47. The van der Waals surface area contributed by atoms with E-state index in [1.165, 1.54) is 0 Å². The second-order valence-electron chi connectivity index (χ2n) is 5.34. The molecule has 1 fully saturated rings. The van der Waals surface area contributed by atoms with Crippen LogP contribution in [-0.4, -0.2) is 55.0 Å². The van der Waals surface area contributed by atoms with E-state index in [4.69, 9.17) is 5.11 Å². The maximum absolute atomic E-state index is 12.5. The summed E-state index contributed by atoms with van der Waals surface area (Å²) in [7, 11) is -3.41. The summed E-state index contributed by atoms with van der Waals surface area (Å²) in [5.74, 6) is 0. The van der Waals surface area contributed by atoms with Gasteiger partial charge in [0.25, 0.3) is 0 Å². The standard InChI is InChI=1S/C14H22N2O3S/c1-12(2)15-7-9-16(10-8-15)20(18,19)14-5-3-13(11-17)4-6-14/h3-6,12,17H,7-11H2,1-2H3. The van der Waals surface area contributed by atoms with E-state index in [0.29, 0.717) is 29.6 Å². The average molecular weight is 298 g/mol. The van der Waals surface area contributed by atoms with Crippen LogP contribution in [-0.2, 0) is 16.6 Å². The van der Waals surface area contributed by atoms with E-state index in [-0.39, 0.29) is 6.61 Å². The molecule has 2 rings (SSSR count). The zero-order chi connectivity index (χ0) is 14.8. The first-order valence-corrected chi connectivity index (χ1v) is 8.33. The molecule has 0 atom stereocenters. The molecule has 5 nitrogen and oxygen atoms in total. The summed E-state index contributed by atoms with van der Waals surface area (Å²) in [6.45, 7) is 6.77. The highest BCUT2D eigenvalue weighted by Crippen LogP contribution is 2.19. The van der Waals surface area contributed by atoms with Crippen LogP contribution in [0.4, 0.5) is 0 Å². The maximum atomic E-state index is 12.5. The predicted molar refractivity (Wildman–Crippen MR) is 77.8 cm³/mol. The summed E-state index contributed by atoms with van der Waals surface area (Å²) < 4.78 is 26.6. The van der Waals surface area contributed by atoms with Crippen molar-refractivity contribution < 1.29 is 13.5 Å². The minimum absolute atomic E-state index is 0.0760. The van der Waals surface area contributed by atoms with Gasteiger partial charge in [-0.1, -0.05) is 12.1 Å². The fraction of sp³-hybridized carbons (Fsp3) is 0.571. The Kier molecular flexibility index (Phi) is 4.80. The third-order valence-corrected chi connectivity index (χ3v) is 5.66. The van der Waals surface area contributed by atoms with Gasteiger partial charge in [0.15, 0.2) is 0 Å². The molecule has 1 N–H and O–H groups in total. The van der Waals surface area contributed by atoms with Crippen molar-refractivity contribution >= 4 is 10.0 Å². The van der Waals surface area contributed by atoms with Crippen LogP contribution in [0.1, 0.15) is 19.4 Å². The summed E-state index contributed by atoms with van der Waals surface area (Å²) in [6, 6.07) is 6.88. The minimum Gasteiger partial charge on any atom is -0.392 e. The molecule has 1 aromatic carbocycles. The topological polar surface area (TPSA) is 60.9 Å². The fourth-order valence-corrected chi connectivity index (χ4v) is 3.80. The van der Waals surface area contributed by atoms with Crippen LogP contribution in [0.15, 0.2) is 29.2 Å². The van der Waals surface area contributed by atoms with Crippen LogP contribution in [0, 0.1) is 0 Å². The molecule has 1 aromatic rings. The van der Waals surface area contributed by atoms with E-state index in [2.05, 4.69) is 18.7 Å². The van der Waals surface area contributed by atoms with Crippen LogP contribution in [0.5, 0.6) is 0 Å². The van der Waals surface area contributed by atoms with Crippen LogP contribution in [0.25, 0.3) is 0 Å². The second kappa shape index (κ2) is 6.22. The lowest BCUT2D eigenvalue weighted by molar-refractivity contribution is 0.154. The van der Waals surface area contributed by atoms with Crippen molar-refractivity contribution in [1.82, 2.24) is 9.21 Å². The molecule has 0 aromatic heterocycles. The third-order valence-electron chi connectivity index (χ3n) is 3.75. The number of nitrogens with zero attached hydrogens (tertiary/aromatic N) is 2. The van der Waals surface area contributed by atoms with Gasteiger partial charge < -0.3 is 5.11 Å². The van der Waals surface area contributed by atoms with Gasteiger partial charge in [0.1, 0.15) is 0 Å². The second-order valence-corrected chi connectivity index (χ2v) is 7.27. The predicted octanol–water partition coefficient (Wildman–Crippen LogP) is 0.894. The lowest BCUT2D eigenvalue weighted by Crippen LogP contribution is -2.50. The highest BCUT2D eigenvalue weighted by molar-refractivity contribution is 7.89. The number of aliphatic hydroxyl groups excluding tert-OH is 1. The molecule has 1 saturated heterocycles. The summed E-state index contributed by atoms with van der Waals surface area (Å²) in [5.41, 5.74) is 0.716. The molecule has 0 saturated carbocycles. The highest BCUT2D eigenvalue weighted by atomic mass is 32.2. The van der Waals surface area contributed by atoms with Gasteiger partial charge in [-0.25, -0.2) is 8.42 Å². The van der Waals surface area contributed by atoms with Crippen LogP contribution in [0.2, 0.25) is 0 Å². The molecular formula is C14H22N2O3S. The zero-order valence-corrected chi connectivity index (χ0v) is 12.8. The molecule has 1 heterocycles. The van der Waals surface area contributed by atoms with Crippen LogP contribution < -0.4 is 0 Å². The molecule has 0 amide bonds. The van der Waals surface area contributed by atoms with Crippen molar-refractivity contribution in [3.05, 3.63) is 29.8 Å². The van der Waals surface area contributed by atoms with Gasteiger partial charge in [0.05, 0.1) is 11.5 Å². The van der Waals surface area contributed by atoms with Crippen molar-refractivity contribution in [3.63, 3.8) is 0 Å². The van der Waals surface area contributed by atoms with E-state index in [1.54, 1.807) is 28.6 Å². The van der Waals surface area contributed by atoms with Gasteiger partial charge >= 0.3 is 0 Å². The molecule has 0 spiro atoms. The fourth-order valence-electron chi connectivity index (χ4n) is 2.38. The molecule has 0 bridgehead atoms. The van der Waals surface area contributed by atoms with Gasteiger partial charge in [-0.05, 0) is 31.5 Å².